The van der Waals surface area contributed by atoms with E-state index in [9.17, 15) is 9.59 Å². The summed E-state index contributed by atoms with van der Waals surface area (Å²) in [6, 6.07) is 7.21. The fourth-order valence-electron chi connectivity index (χ4n) is 2.97. The van der Waals surface area contributed by atoms with E-state index in [1.54, 1.807) is 19.2 Å². The van der Waals surface area contributed by atoms with Crippen molar-refractivity contribution in [3.63, 3.8) is 0 Å². The maximum Gasteiger partial charge on any atom is 0.305 e. The first-order valence-corrected chi connectivity index (χ1v) is 8.89. The highest BCUT2D eigenvalue weighted by atomic mass is 16.5. The number of hydrogen-bond donors (Lipinski definition) is 1. The molecule has 1 aromatic heterocycles. The van der Waals surface area contributed by atoms with Crippen molar-refractivity contribution in [2.45, 2.75) is 39.7 Å². The summed E-state index contributed by atoms with van der Waals surface area (Å²) in [5.41, 5.74) is 4.33. The van der Waals surface area contributed by atoms with Crippen LogP contribution in [-0.4, -0.2) is 48.5 Å². The molecule has 1 unspecified atom stereocenters. The minimum absolute atomic E-state index is 0.0597. The summed E-state index contributed by atoms with van der Waals surface area (Å²) in [6.45, 7) is 6.25. The van der Waals surface area contributed by atoms with Gasteiger partial charge in [-0.05, 0) is 57.0 Å². The predicted molar refractivity (Wildman–Crippen MR) is 102 cm³/mol. The summed E-state index contributed by atoms with van der Waals surface area (Å²) in [6.07, 6.45) is 0.908. The summed E-state index contributed by atoms with van der Waals surface area (Å²) in [4.78, 5) is 23.7. The summed E-state index contributed by atoms with van der Waals surface area (Å²) < 4.78 is 11.6. The molecule has 0 saturated heterocycles. The molecule has 0 radical (unpaired) electrons. The van der Waals surface area contributed by atoms with Gasteiger partial charge in [-0.2, -0.15) is 5.10 Å². The average molecular weight is 373 g/mol. The van der Waals surface area contributed by atoms with Crippen LogP contribution in [0.5, 0.6) is 0 Å². The van der Waals surface area contributed by atoms with Gasteiger partial charge >= 0.3 is 5.97 Å². The first-order chi connectivity index (χ1) is 12.9. The number of aromatic nitrogens is 2. The van der Waals surface area contributed by atoms with Gasteiger partial charge in [-0.15, -0.1) is 0 Å². The lowest BCUT2D eigenvalue weighted by atomic mass is 10.1. The quantitative estimate of drug-likeness (QED) is 0.718. The van der Waals surface area contributed by atoms with E-state index in [4.69, 9.17) is 9.47 Å². The van der Waals surface area contributed by atoms with Gasteiger partial charge in [0, 0.05) is 30.8 Å². The van der Waals surface area contributed by atoms with Gasteiger partial charge in [-0.25, -0.2) is 4.68 Å². The highest BCUT2D eigenvalue weighted by Gasteiger charge is 2.15. The molecular weight excluding hydrogens is 346 g/mol. The number of amides is 1. The molecule has 2 rings (SSSR count). The van der Waals surface area contributed by atoms with E-state index < -0.39 is 0 Å². The van der Waals surface area contributed by atoms with E-state index in [-0.39, 0.29) is 17.9 Å². The smallest absolute Gasteiger partial charge is 0.305 e. The van der Waals surface area contributed by atoms with Gasteiger partial charge in [-0.1, -0.05) is 0 Å². The normalized spacial score (nSPS) is 11.9. The van der Waals surface area contributed by atoms with Gasteiger partial charge in [0.25, 0.3) is 5.91 Å². The number of rotatable bonds is 8. The van der Waals surface area contributed by atoms with Crippen molar-refractivity contribution in [3.8, 4) is 5.69 Å². The number of nitrogens with zero attached hydrogens (tertiary/aromatic N) is 2. The third kappa shape index (κ3) is 5.17. The van der Waals surface area contributed by atoms with Gasteiger partial charge in [0.1, 0.15) is 0 Å². The first kappa shape index (κ1) is 20.6. The molecule has 1 N–H and O–H groups in total. The predicted octanol–water partition coefficient (Wildman–Crippen LogP) is 2.36. The summed E-state index contributed by atoms with van der Waals surface area (Å²) in [5.74, 6) is -0.377. The molecule has 27 heavy (non-hydrogen) atoms. The molecule has 0 spiro atoms. The number of hydrogen-bond acceptors (Lipinski definition) is 5. The number of carbonyl (C=O) groups excluding carboxylic acids is 2. The number of ether oxygens (including phenoxy) is 2. The Labute approximate surface area is 159 Å². The van der Waals surface area contributed by atoms with Crippen molar-refractivity contribution in [2.24, 2.45) is 0 Å². The highest BCUT2D eigenvalue weighted by molar-refractivity contribution is 5.94. The molecule has 2 aromatic rings. The third-order valence-corrected chi connectivity index (χ3v) is 4.42. The van der Waals surface area contributed by atoms with E-state index >= 15 is 0 Å². The van der Waals surface area contributed by atoms with E-state index in [2.05, 4.69) is 10.4 Å². The van der Waals surface area contributed by atoms with E-state index in [1.165, 1.54) is 7.11 Å². The number of methoxy groups -OCH3 is 2. The Hall–Kier alpha value is -2.67. The van der Waals surface area contributed by atoms with Gasteiger partial charge in [0.05, 0.1) is 25.1 Å². The van der Waals surface area contributed by atoms with Gasteiger partial charge < -0.3 is 14.8 Å². The van der Waals surface area contributed by atoms with Crippen LogP contribution in [0.4, 0.5) is 0 Å². The molecule has 7 nitrogen and oxygen atoms in total. The van der Waals surface area contributed by atoms with Crippen LogP contribution >= 0.6 is 0 Å². The molecule has 0 aliphatic rings. The molecule has 0 saturated carbocycles. The van der Waals surface area contributed by atoms with Crippen LogP contribution in [0, 0.1) is 13.8 Å². The van der Waals surface area contributed by atoms with Crippen molar-refractivity contribution in [1.29, 1.82) is 0 Å². The van der Waals surface area contributed by atoms with E-state index in [0.717, 1.165) is 22.6 Å². The van der Waals surface area contributed by atoms with Crippen LogP contribution < -0.4 is 5.32 Å². The maximum absolute atomic E-state index is 12.2. The second-order valence-electron chi connectivity index (χ2n) is 6.51. The Morgan fingerprint density at radius 2 is 1.85 bits per heavy atom. The Morgan fingerprint density at radius 1 is 1.19 bits per heavy atom. The minimum atomic E-state index is -0.236. The Balaban J connectivity index is 2.15. The van der Waals surface area contributed by atoms with Crippen molar-refractivity contribution in [3.05, 3.63) is 46.8 Å². The number of benzene rings is 1. The number of esters is 1. The van der Waals surface area contributed by atoms with Gasteiger partial charge in [-0.3, -0.25) is 9.59 Å². The summed E-state index contributed by atoms with van der Waals surface area (Å²) in [5, 5.41) is 7.46. The first-order valence-electron chi connectivity index (χ1n) is 8.89. The van der Waals surface area contributed by atoms with Crippen LogP contribution in [-0.2, 0) is 20.7 Å². The lowest BCUT2D eigenvalue weighted by Gasteiger charge is -2.13. The number of carbonyl (C=O) groups is 2. The largest absolute Gasteiger partial charge is 0.469 e. The second-order valence-corrected chi connectivity index (χ2v) is 6.51. The summed E-state index contributed by atoms with van der Waals surface area (Å²) >= 11 is 0. The fourth-order valence-corrected chi connectivity index (χ4v) is 2.97. The maximum atomic E-state index is 12.2. The van der Waals surface area contributed by atoms with Crippen molar-refractivity contribution in [2.75, 3.05) is 20.8 Å². The molecule has 7 heteroatoms. The number of nitrogens with one attached hydrogen (secondary N) is 1. The molecule has 0 aliphatic heterocycles. The van der Waals surface area contributed by atoms with Crippen molar-refractivity contribution in [1.82, 2.24) is 15.1 Å². The lowest BCUT2D eigenvalue weighted by molar-refractivity contribution is -0.140. The molecule has 0 bridgehead atoms. The summed E-state index contributed by atoms with van der Waals surface area (Å²) in [7, 11) is 2.99. The third-order valence-electron chi connectivity index (χ3n) is 4.42. The van der Waals surface area contributed by atoms with Crippen molar-refractivity contribution >= 4 is 11.9 Å². The monoisotopic (exact) mass is 373 g/mol. The van der Waals surface area contributed by atoms with Crippen LogP contribution in [0.1, 0.15) is 40.7 Å². The average Bonchev–Trinajstić information content (AvgIpc) is 2.93. The van der Waals surface area contributed by atoms with Crippen LogP contribution in [0.2, 0.25) is 0 Å². The standard InChI is InChI=1S/C20H27N3O4/c1-13(12-26-4)21-20(25)16-6-8-17(9-7-16)23-15(3)18(14(2)22-23)10-11-19(24)27-5/h6-9,13H,10-12H2,1-5H3,(H,21,25). The molecule has 0 fully saturated rings. The fraction of sp³-hybridized carbons (Fsp3) is 0.450. The van der Waals surface area contributed by atoms with Crippen LogP contribution in [0.15, 0.2) is 24.3 Å². The van der Waals surface area contributed by atoms with Gasteiger partial charge in [0.15, 0.2) is 0 Å². The Bertz CT molecular complexity index is 796. The Kier molecular flexibility index (Phi) is 7.12. The van der Waals surface area contributed by atoms with Crippen molar-refractivity contribution < 1.29 is 19.1 Å². The zero-order valence-electron chi connectivity index (χ0n) is 16.5. The molecule has 1 amide bonds. The molecule has 1 heterocycles. The second kappa shape index (κ2) is 9.32. The zero-order valence-corrected chi connectivity index (χ0v) is 16.5. The van der Waals surface area contributed by atoms with E-state index in [1.807, 2.05) is 37.6 Å². The van der Waals surface area contributed by atoms with Gasteiger partial charge in [0.2, 0.25) is 0 Å². The molecule has 1 aromatic carbocycles. The van der Waals surface area contributed by atoms with E-state index in [0.29, 0.717) is 25.0 Å². The SMILES string of the molecule is COCC(C)NC(=O)c1ccc(-n2nc(C)c(CCC(=O)OC)c2C)cc1. The molecule has 146 valence electrons. The topological polar surface area (TPSA) is 82.5 Å². The molecular formula is C20H27N3O4. The Morgan fingerprint density at radius 3 is 2.44 bits per heavy atom. The minimum Gasteiger partial charge on any atom is -0.469 e. The zero-order chi connectivity index (χ0) is 20.0. The lowest BCUT2D eigenvalue weighted by Crippen LogP contribution is -2.35. The highest BCUT2D eigenvalue weighted by Crippen LogP contribution is 2.20. The number of aryl methyl sites for hydroxylation is 1. The van der Waals surface area contributed by atoms with Crippen LogP contribution in [0.3, 0.4) is 0 Å². The molecule has 1 atom stereocenters. The molecule has 0 aliphatic carbocycles. The van der Waals surface area contributed by atoms with Crippen LogP contribution in [0.25, 0.3) is 5.69 Å².